The van der Waals surface area contributed by atoms with Gasteiger partial charge in [-0.1, -0.05) is 41.2 Å². The zero-order valence-corrected chi connectivity index (χ0v) is 18.2. The van der Waals surface area contributed by atoms with Crippen LogP contribution in [0.4, 0.5) is 0 Å². The zero-order chi connectivity index (χ0) is 19.8. The summed E-state index contributed by atoms with van der Waals surface area (Å²) in [7, 11) is 0. The first kappa shape index (κ1) is 19.8. The molecule has 0 aliphatic heterocycles. The summed E-state index contributed by atoms with van der Waals surface area (Å²) in [5.41, 5.74) is 3.43. The molecule has 0 radical (unpaired) electrons. The fourth-order valence-electron chi connectivity index (χ4n) is 3.25. The van der Waals surface area contributed by atoms with Crippen molar-refractivity contribution >= 4 is 52.0 Å². The first-order chi connectivity index (χ1) is 13.4. The van der Waals surface area contributed by atoms with E-state index in [1.165, 1.54) is 11.3 Å². The molecular weight excluding hydrogens is 437 g/mol. The molecule has 8 heteroatoms. The lowest BCUT2D eigenvalue weighted by atomic mass is 9.85. The van der Waals surface area contributed by atoms with E-state index < -0.39 is 0 Å². The second-order valence-electron chi connectivity index (χ2n) is 6.88. The lowest BCUT2D eigenvalue weighted by Gasteiger charge is -2.23. The number of nitrogens with one attached hydrogen (secondary N) is 1. The van der Waals surface area contributed by atoms with Gasteiger partial charge in [-0.05, 0) is 50.1 Å². The number of thiophene rings is 1. The molecule has 0 atom stereocenters. The Labute approximate surface area is 182 Å². The van der Waals surface area contributed by atoms with Crippen LogP contribution in [0.15, 0.2) is 30.3 Å². The third-order valence-electron chi connectivity index (χ3n) is 5.07. The quantitative estimate of drug-likeness (QED) is 0.493. The van der Waals surface area contributed by atoms with Crippen LogP contribution < -0.4 is 5.32 Å². The van der Waals surface area contributed by atoms with Crippen LogP contribution >= 0.6 is 46.1 Å². The minimum Gasteiger partial charge on any atom is -0.350 e. The molecule has 1 amide bonds. The summed E-state index contributed by atoms with van der Waals surface area (Å²) < 4.78 is 2.50. The van der Waals surface area contributed by atoms with Crippen LogP contribution in [-0.2, 0) is 11.3 Å². The highest BCUT2D eigenvalue weighted by Crippen LogP contribution is 2.37. The van der Waals surface area contributed by atoms with Crippen molar-refractivity contribution in [3.8, 4) is 16.3 Å². The van der Waals surface area contributed by atoms with Gasteiger partial charge in [0.1, 0.15) is 0 Å². The van der Waals surface area contributed by atoms with Gasteiger partial charge in [0.25, 0.3) is 0 Å². The number of carbonyl (C=O) groups is 1. The Morgan fingerprint density at radius 3 is 2.64 bits per heavy atom. The largest absolute Gasteiger partial charge is 0.350 e. The van der Waals surface area contributed by atoms with E-state index in [-0.39, 0.29) is 11.8 Å². The summed E-state index contributed by atoms with van der Waals surface area (Å²) in [5, 5.41) is 8.86. The SMILES string of the molecule is Cc1c(CNC(=O)C2CCC2)nn(-c2ccc(Cl)cc2Cl)c1-c1ccc(Cl)s1. The summed E-state index contributed by atoms with van der Waals surface area (Å²) >= 11 is 20.1. The number of rotatable bonds is 5. The van der Waals surface area contributed by atoms with Gasteiger partial charge in [-0.15, -0.1) is 11.3 Å². The normalized spacial score (nSPS) is 14.1. The molecule has 1 aliphatic carbocycles. The Kier molecular flexibility index (Phi) is 5.70. The molecule has 1 aromatic carbocycles. The van der Waals surface area contributed by atoms with E-state index in [4.69, 9.17) is 39.9 Å². The highest BCUT2D eigenvalue weighted by Gasteiger charge is 2.26. The van der Waals surface area contributed by atoms with Crippen molar-refractivity contribution in [2.45, 2.75) is 32.7 Å². The number of nitrogens with zero attached hydrogens (tertiary/aromatic N) is 2. The van der Waals surface area contributed by atoms with Crippen molar-refractivity contribution in [1.29, 1.82) is 0 Å². The average Bonchev–Trinajstić information content (AvgIpc) is 3.15. The summed E-state index contributed by atoms with van der Waals surface area (Å²) in [6.07, 6.45) is 3.07. The Morgan fingerprint density at radius 1 is 1.25 bits per heavy atom. The van der Waals surface area contributed by atoms with E-state index in [2.05, 4.69) is 5.32 Å². The van der Waals surface area contributed by atoms with Crippen molar-refractivity contribution in [2.24, 2.45) is 5.92 Å². The number of amides is 1. The van der Waals surface area contributed by atoms with Gasteiger partial charge in [-0.3, -0.25) is 4.79 Å². The number of benzene rings is 1. The molecule has 0 saturated heterocycles. The van der Waals surface area contributed by atoms with E-state index in [0.29, 0.717) is 20.9 Å². The van der Waals surface area contributed by atoms with Crippen molar-refractivity contribution in [3.63, 3.8) is 0 Å². The van der Waals surface area contributed by atoms with Crippen LogP contribution in [-0.4, -0.2) is 15.7 Å². The summed E-state index contributed by atoms with van der Waals surface area (Å²) in [4.78, 5) is 13.2. The maximum atomic E-state index is 12.2. The van der Waals surface area contributed by atoms with Crippen molar-refractivity contribution < 1.29 is 4.79 Å². The molecule has 1 fully saturated rings. The average molecular weight is 455 g/mol. The number of hydrogen-bond acceptors (Lipinski definition) is 3. The Hall–Kier alpha value is -1.53. The van der Waals surface area contributed by atoms with E-state index >= 15 is 0 Å². The maximum Gasteiger partial charge on any atom is 0.223 e. The Morgan fingerprint density at radius 2 is 2.04 bits per heavy atom. The van der Waals surface area contributed by atoms with Gasteiger partial charge in [0.15, 0.2) is 0 Å². The Bertz CT molecular complexity index is 1040. The molecule has 4 rings (SSSR count). The van der Waals surface area contributed by atoms with E-state index in [1.807, 2.05) is 25.1 Å². The lowest BCUT2D eigenvalue weighted by Crippen LogP contribution is -2.34. The number of hydrogen-bond donors (Lipinski definition) is 1. The lowest BCUT2D eigenvalue weighted by molar-refractivity contribution is -0.127. The highest BCUT2D eigenvalue weighted by atomic mass is 35.5. The van der Waals surface area contributed by atoms with Gasteiger partial charge in [-0.25, -0.2) is 4.68 Å². The molecule has 28 heavy (non-hydrogen) atoms. The predicted octanol–water partition coefficient (Wildman–Crippen LogP) is 6.29. The van der Waals surface area contributed by atoms with Gasteiger partial charge in [0.05, 0.1) is 37.9 Å². The summed E-state index contributed by atoms with van der Waals surface area (Å²) in [6, 6.07) is 9.14. The van der Waals surface area contributed by atoms with Crippen molar-refractivity contribution in [2.75, 3.05) is 0 Å². The second-order valence-corrected chi connectivity index (χ2v) is 9.44. The van der Waals surface area contributed by atoms with Crippen LogP contribution in [0, 0.1) is 12.8 Å². The molecule has 146 valence electrons. The van der Waals surface area contributed by atoms with Crippen LogP contribution in [0.5, 0.6) is 0 Å². The van der Waals surface area contributed by atoms with E-state index in [1.54, 1.807) is 16.8 Å². The molecule has 2 aromatic heterocycles. The third-order valence-corrected chi connectivity index (χ3v) is 6.85. The third kappa shape index (κ3) is 3.81. The van der Waals surface area contributed by atoms with Crippen LogP contribution in [0.25, 0.3) is 16.3 Å². The molecule has 1 aliphatic rings. The van der Waals surface area contributed by atoms with Gasteiger partial charge < -0.3 is 5.32 Å². The molecule has 2 heterocycles. The van der Waals surface area contributed by atoms with Crippen molar-refractivity contribution in [3.05, 3.63) is 56.0 Å². The maximum absolute atomic E-state index is 12.2. The number of carbonyl (C=O) groups excluding carboxylic acids is 1. The van der Waals surface area contributed by atoms with E-state index in [0.717, 1.165) is 46.8 Å². The van der Waals surface area contributed by atoms with Crippen LogP contribution in [0.2, 0.25) is 14.4 Å². The van der Waals surface area contributed by atoms with E-state index in [9.17, 15) is 4.79 Å². The first-order valence-corrected chi connectivity index (χ1v) is 11.0. The van der Waals surface area contributed by atoms with Crippen LogP contribution in [0.3, 0.4) is 0 Å². The molecule has 0 bridgehead atoms. The van der Waals surface area contributed by atoms with Crippen molar-refractivity contribution in [1.82, 2.24) is 15.1 Å². The van der Waals surface area contributed by atoms with Gasteiger partial charge in [0.2, 0.25) is 5.91 Å². The number of aromatic nitrogens is 2. The smallest absolute Gasteiger partial charge is 0.223 e. The van der Waals surface area contributed by atoms with Gasteiger partial charge >= 0.3 is 0 Å². The molecule has 0 spiro atoms. The minimum atomic E-state index is 0.102. The topological polar surface area (TPSA) is 46.9 Å². The highest BCUT2D eigenvalue weighted by molar-refractivity contribution is 7.19. The van der Waals surface area contributed by atoms with Gasteiger partial charge in [0, 0.05) is 16.5 Å². The summed E-state index contributed by atoms with van der Waals surface area (Å²) in [5.74, 6) is 0.245. The molecule has 4 nitrogen and oxygen atoms in total. The zero-order valence-electron chi connectivity index (χ0n) is 15.1. The Balaban J connectivity index is 1.74. The fraction of sp³-hybridized carbons (Fsp3) is 0.300. The first-order valence-electron chi connectivity index (χ1n) is 9.01. The monoisotopic (exact) mass is 453 g/mol. The van der Waals surface area contributed by atoms with Crippen LogP contribution in [0.1, 0.15) is 30.5 Å². The van der Waals surface area contributed by atoms with Gasteiger partial charge in [-0.2, -0.15) is 5.10 Å². The minimum absolute atomic E-state index is 0.102. The molecular formula is C20H18Cl3N3OS. The molecule has 0 unspecified atom stereocenters. The molecule has 1 saturated carbocycles. The molecule has 1 N–H and O–H groups in total. The predicted molar refractivity (Wildman–Crippen MR) is 116 cm³/mol. The molecule has 3 aromatic rings. The second kappa shape index (κ2) is 8.07. The fourth-order valence-corrected chi connectivity index (χ4v) is 4.87. The standard InChI is InChI=1S/C20H18Cl3N3OS/c1-11-15(10-24-20(27)12-3-2-4-12)25-26(16-6-5-13(21)9-14(16)22)19(11)17-7-8-18(23)28-17/h5-9,12H,2-4,10H2,1H3,(H,24,27). The number of halogens is 3. The summed E-state index contributed by atoms with van der Waals surface area (Å²) in [6.45, 7) is 2.38.